The summed E-state index contributed by atoms with van der Waals surface area (Å²) in [7, 11) is 1.70. The Morgan fingerprint density at radius 3 is 2.44 bits per heavy atom. The number of carbonyl (C=O) groups is 2. The molecule has 1 amide bonds. The Bertz CT molecular complexity index is 558. The lowest BCUT2D eigenvalue weighted by Gasteiger charge is -2.21. The van der Waals surface area contributed by atoms with Crippen molar-refractivity contribution in [2.75, 3.05) is 0 Å². The molecular weight excluding hydrogens is 236 g/mol. The average Bonchev–Trinajstić information content (AvgIpc) is 2.22. The SMILES string of the molecule is Cc1cc(=O)c(C(=O)NC(C)(C)C(=O)O)cn1C. The largest absolute Gasteiger partial charge is 0.480 e. The molecule has 0 spiro atoms. The monoisotopic (exact) mass is 252 g/mol. The van der Waals surface area contributed by atoms with Gasteiger partial charge in [0, 0.05) is 25.0 Å². The molecule has 0 bridgehead atoms. The molecule has 1 aromatic heterocycles. The normalized spacial score (nSPS) is 11.1. The fraction of sp³-hybridized carbons (Fsp3) is 0.417. The molecule has 6 heteroatoms. The number of amides is 1. The third-order valence-corrected chi connectivity index (χ3v) is 2.69. The van der Waals surface area contributed by atoms with E-state index in [1.807, 2.05) is 0 Å². The molecule has 0 aliphatic carbocycles. The Kier molecular flexibility index (Phi) is 3.59. The number of aliphatic carboxylic acids is 1. The van der Waals surface area contributed by atoms with Crippen molar-refractivity contribution in [2.24, 2.45) is 7.05 Å². The Morgan fingerprint density at radius 1 is 1.39 bits per heavy atom. The van der Waals surface area contributed by atoms with Crippen LogP contribution in [0.1, 0.15) is 29.9 Å². The summed E-state index contributed by atoms with van der Waals surface area (Å²) in [6.45, 7) is 4.45. The van der Waals surface area contributed by atoms with E-state index in [4.69, 9.17) is 5.11 Å². The minimum Gasteiger partial charge on any atom is -0.480 e. The summed E-state index contributed by atoms with van der Waals surface area (Å²) in [5, 5.41) is 11.2. The van der Waals surface area contributed by atoms with Gasteiger partial charge in [-0.15, -0.1) is 0 Å². The number of aromatic nitrogens is 1. The summed E-state index contributed by atoms with van der Waals surface area (Å²) in [6, 6.07) is 1.34. The first-order valence-corrected chi connectivity index (χ1v) is 5.38. The quantitative estimate of drug-likeness (QED) is 0.809. The maximum atomic E-state index is 11.9. The van der Waals surface area contributed by atoms with E-state index in [-0.39, 0.29) is 5.56 Å². The topological polar surface area (TPSA) is 88.4 Å². The molecule has 0 aromatic carbocycles. The number of pyridine rings is 1. The van der Waals surface area contributed by atoms with Crippen molar-refractivity contribution in [1.82, 2.24) is 9.88 Å². The Morgan fingerprint density at radius 2 is 1.94 bits per heavy atom. The Balaban J connectivity index is 3.10. The number of rotatable bonds is 3. The highest BCUT2D eigenvalue weighted by Crippen LogP contribution is 2.04. The second-order valence-corrected chi connectivity index (χ2v) is 4.69. The van der Waals surface area contributed by atoms with Gasteiger partial charge >= 0.3 is 5.97 Å². The molecule has 98 valence electrons. The van der Waals surface area contributed by atoms with Gasteiger partial charge in [0.25, 0.3) is 5.91 Å². The van der Waals surface area contributed by atoms with Gasteiger partial charge in [0.15, 0.2) is 5.43 Å². The Labute approximate surface area is 104 Å². The van der Waals surface area contributed by atoms with Crippen LogP contribution in [0.4, 0.5) is 0 Å². The lowest BCUT2D eigenvalue weighted by Crippen LogP contribution is -2.50. The molecule has 0 radical (unpaired) electrons. The molecule has 1 aromatic rings. The van der Waals surface area contributed by atoms with Crippen LogP contribution >= 0.6 is 0 Å². The van der Waals surface area contributed by atoms with E-state index in [2.05, 4.69) is 5.32 Å². The number of carboxylic acid groups (broad SMARTS) is 1. The molecule has 1 rings (SSSR count). The number of hydrogen-bond acceptors (Lipinski definition) is 3. The first-order valence-electron chi connectivity index (χ1n) is 5.38. The third kappa shape index (κ3) is 2.77. The highest BCUT2D eigenvalue weighted by Gasteiger charge is 2.30. The van der Waals surface area contributed by atoms with Crippen LogP contribution in [-0.4, -0.2) is 27.1 Å². The highest BCUT2D eigenvalue weighted by atomic mass is 16.4. The van der Waals surface area contributed by atoms with Crippen LogP contribution in [0.25, 0.3) is 0 Å². The van der Waals surface area contributed by atoms with Crippen molar-refractivity contribution in [3.8, 4) is 0 Å². The van der Waals surface area contributed by atoms with E-state index in [1.165, 1.54) is 26.1 Å². The predicted molar refractivity (Wildman–Crippen MR) is 65.6 cm³/mol. The van der Waals surface area contributed by atoms with Gasteiger partial charge in [-0.3, -0.25) is 9.59 Å². The fourth-order valence-electron chi connectivity index (χ4n) is 1.30. The summed E-state index contributed by atoms with van der Waals surface area (Å²) < 4.78 is 1.63. The molecule has 0 saturated carbocycles. The maximum absolute atomic E-state index is 11.9. The number of hydrogen-bond donors (Lipinski definition) is 2. The van der Waals surface area contributed by atoms with Crippen LogP contribution in [0.5, 0.6) is 0 Å². The van der Waals surface area contributed by atoms with Gasteiger partial charge in [-0.05, 0) is 20.8 Å². The molecule has 2 N–H and O–H groups in total. The van der Waals surface area contributed by atoms with Crippen molar-refractivity contribution in [3.63, 3.8) is 0 Å². The van der Waals surface area contributed by atoms with Crippen molar-refractivity contribution in [2.45, 2.75) is 26.3 Å². The van der Waals surface area contributed by atoms with Crippen LogP contribution in [0.2, 0.25) is 0 Å². The summed E-state index contributed by atoms with van der Waals surface area (Å²) in [6.07, 6.45) is 1.39. The lowest BCUT2D eigenvalue weighted by atomic mass is 10.1. The summed E-state index contributed by atoms with van der Waals surface area (Å²) in [4.78, 5) is 34.4. The number of nitrogens with zero attached hydrogens (tertiary/aromatic N) is 1. The van der Waals surface area contributed by atoms with Crippen LogP contribution in [0, 0.1) is 6.92 Å². The van der Waals surface area contributed by atoms with E-state index in [9.17, 15) is 14.4 Å². The fourth-order valence-corrected chi connectivity index (χ4v) is 1.30. The maximum Gasteiger partial charge on any atom is 0.328 e. The van der Waals surface area contributed by atoms with Gasteiger partial charge in [-0.25, -0.2) is 4.79 Å². The minimum absolute atomic E-state index is 0.0718. The minimum atomic E-state index is -1.42. The standard InChI is InChI=1S/C12H16N2O4/c1-7-5-9(15)8(6-14(7)4)10(16)13-12(2,3)11(17)18/h5-6H,1-4H3,(H,13,16)(H,17,18). The third-order valence-electron chi connectivity index (χ3n) is 2.69. The zero-order valence-corrected chi connectivity index (χ0v) is 10.8. The zero-order valence-electron chi connectivity index (χ0n) is 10.8. The van der Waals surface area contributed by atoms with Gasteiger partial charge in [0.05, 0.1) is 0 Å². The zero-order chi connectivity index (χ0) is 14.1. The predicted octanol–water partition coefficient (Wildman–Crippen LogP) is 0.287. The van der Waals surface area contributed by atoms with E-state index in [0.29, 0.717) is 5.69 Å². The van der Waals surface area contributed by atoms with Gasteiger partial charge < -0.3 is 15.0 Å². The molecule has 0 fully saturated rings. The second-order valence-electron chi connectivity index (χ2n) is 4.69. The summed E-state index contributed by atoms with van der Waals surface area (Å²) >= 11 is 0. The molecule has 0 aliphatic rings. The lowest BCUT2D eigenvalue weighted by molar-refractivity contribution is -0.143. The van der Waals surface area contributed by atoms with E-state index >= 15 is 0 Å². The Hall–Kier alpha value is -2.11. The van der Waals surface area contributed by atoms with E-state index in [1.54, 1.807) is 18.5 Å². The van der Waals surface area contributed by atoms with E-state index in [0.717, 1.165) is 0 Å². The van der Waals surface area contributed by atoms with Crippen molar-refractivity contribution >= 4 is 11.9 Å². The molecule has 0 unspecified atom stereocenters. The summed E-state index contributed by atoms with van der Waals surface area (Å²) in [5.74, 6) is -1.86. The van der Waals surface area contributed by atoms with Gasteiger partial charge in [-0.2, -0.15) is 0 Å². The molecule has 1 heterocycles. The number of nitrogens with one attached hydrogen (secondary N) is 1. The first-order chi connectivity index (χ1) is 8.15. The van der Waals surface area contributed by atoms with Crippen molar-refractivity contribution < 1.29 is 14.7 Å². The number of carboxylic acids is 1. The molecule has 0 aliphatic heterocycles. The molecule has 0 saturated heterocycles. The average molecular weight is 252 g/mol. The van der Waals surface area contributed by atoms with Gasteiger partial charge in [-0.1, -0.05) is 0 Å². The molecular formula is C12H16N2O4. The van der Waals surface area contributed by atoms with Crippen LogP contribution in [0.15, 0.2) is 17.1 Å². The van der Waals surface area contributed by atoms with Crippen LogP contribution in [-0.2, 0) is 11.8 Å². The van der Waals surface area contributed by atoms with Crippen molar-refractivity contribution in [3.05, 3.63) is 33.7 Å². The van der Waals surface area contributed by atoms with Gasteiger partial charge in [0.1, 0.15) is 11.1 Å². The van der Waals surface area contributed by atoms with E-state index < -0.39 is 22.8 Å². The van der Waals surface area contributed by atoms with Crippen molar-refractivity contribution in [1.29, 1.82) is 0 Å². The summed E-state index contributed by atoms with van der Waals surface area (Å²) in [5.41, 5.74) is -1.21. The first kappa shape index (κ1) is 14.0. The van der Waals surface area contributed by atoms with Crippen LogP contribution < -0.4 is 10.7 Å². The van der Waals surface area contributed by atoms with Gasteiger partial charge in [0.2, 0.25) is 0 Å². The van der Waals surface area contributed by atoms with Crippen LogP contribution in [0.3, 0.4) is 0 Å². The molecule has 0 atom stereocenters. The smallest absolute Gasteiger partial charge is 0.328 e. The highest BCUT2D eigenvalue weighted by molar-refractivity contribution is 5.97. The molecule has 6 nitrogen and oxygen atoms in total. The number of carbonyl (C=O) groups excluding carboxylic acids is 1. The number of aryl methyl sites for hydroxylation is 2. The second kappa shape index (κ2) is 4.64. The molecule has 18 heavy (non-hydrogen) atoms.